The van der Waals surface area contributed by atoms with Crippen LogP contribution in [0.4, 0.5) is 0 Å². The second-order valence-corrected chi connectivity index (χ2v) is 23.1. The Hall–Kier alpha value is -5.15. The number of ketones is 1. The number of aryl methyl sites for hydroxylation is 1. The van der Waals surface area contributed by atoms with Crippen LogP contribution in [0.3, 0.4) is 0 Å². The Morgan fingerprint density at radius 2 is 1.71 bits per heavy atom. The molecule has 2 saturated carbocycles. The van der Waals surface area contributed by atoms with E-state index in [2.05, 4.69) is 47.6 Å². The second-order valence-electron chi connectivity index (χ2n) is 20.6. The summed E-state index contributed by atoms with van der Waals surface area (Å²) in [5.74, 6) is 0.0197. The van der Waals surface area contributed by atoms with Gasteiger partial charge >= 0.3 is 0 Å². The summed E-state index contributed by atoms with van der Waals surface area (Å²) < 4.78 is 18.4. The number of carbonyl (C=O) groups excluding carboxylic acids is 1. The van der Waals surface area contributed by atoms with Gasteiger partial charge in [0.05, 0.1) is 30.8 Å². The highest BCUT2D eigenvalue weighted by molar-refractivity contribution is 8.76. The van der Waals surface area contributed by atoms with Gasteiger partial charge in [0.25, 0.3) is 0 Å². The maximum Gasteiger partial charge on any atom is 0.164 e. The van der Waals surface area contributed by atoms with Crippen LogP contribution >= 0.6 is 21.6 Å². The SMILES string of the molecule is CCOCC1CCCC(Oc2cc(CC3(c4cc(O)cc(CNC)c4)C(=O)C4C(CSSCc5cccc6ccc(CC)c(c56)Cc5c(ccc(O)c5OC)CC(Cc5cc[nH]c5)C4O)CC3O)ccc2O)C1. The zero-order valence-electron chi connectivity index (χ0n) is 42.6. The Bertz CT molecular complexity index is 2860. The summed E-state index contributed by atoms with van der Waals surface area (Å²) in [5, 5.41) is 66.2. The molecule has 6 aromatic rings. The van der Waals surface area contributed by atoms with Gasteiger partial charge in [0.1, 0.15) is 5.75 Å². The van der Waals surface area contributed by atoms with E-state index in [9.17, 15) is 25.5 Å². The molecule has 7 N–H and O–H groups in total. The highest BCUT2D eigenvalue weighted by atomic mass is 33.1. The number of aliphatic hydroxyl groups is 2. The second kappa shape index (κ2) is 23.6. The van der Waals surface area contributed by atoms with Gasteiger partial charge in [-0.2, -0.15) is 0 Å². The monoisotopic (exact) mass is 1030 g/mol. The van der Waals surface area contributed by atoms with Gasteiger partial charge in [0, 0.05) is 61.6 Å². The smallest absolute Gasteiger partial charge is 0.164 e. The molecule has 8 unspecified atom stereocenters. The first kappa shape index (κ1) is 52.7. The third-order valence-electron chi connectivity index (χ3n) is 16.0. The normalized spacial score (nSPS) is 24.8. The van der Waals surface area contributed by atoms with Crippen LogP contribution in [0.2, 0.25) is 0 Å². The van der Waals surface area contributed by atoms with Crippen LogP contribution in [0.5, 0.6) is 28.7 Å². The number of aromatic nitrogens is 1. The van der Waals surface area contributed by atoms with Crippen LogP contribution < -0.4 is 14.8 Å². The first-order valence-corrected chi connectivity index (χ1v) is 28.6. The predicted molar refractivity (Wildman–Crippen MR) is 292 cm³/mol. The third kappa shape index (κ3) is 11.3. The number of ether oxygens (including phenoxy) is 3. The van der Waals surface area contributed by atoms with E-state index in [1.165, 1.54) is 22.1 Å². The molecule has 9 rings (SSSR count). The lowest BCUT2D eigenvalue weighted by molar-refractivity contribution is -0.149. The number of hydrogen-bond acceptors (Lipinski definition) is 12. The number of aromatic hydroxyl groups is 3. The van der Waals surface area contributed by atoms with Crippen molar-refractivity contribution in [3.63, 3.8) is 0 Å². The fraction of sp³-hybridized carbons (Fsp3) is 0.450. The van der Waals surface area contributed by atoms with Crippen molar-refractivity contribution in [1.29, 1.82) is 0 Å². The average Bonchev–Trinajstić information content (AvgIpc) is 3.90. The van der Waals surface area contributed by atoms with Crippen molar-refractivity contribution in [2.24, 2.45) is 23.7 Å². The quantitative estimate of drug-likeness (QED) is 0.0516. The Morgan fingerprint density at radius 3 is 2.49 bits per heavy atom. The number of phenolic OH excluding ortho intramolecular Hbond substituents is 3. The van der Waals surface area contributed by atoms with E-state index in [0.29, 0.717) is 79.1 Å². The van der Waals surface area contributed by atoms with Crippen LogP contribution in [0.15, 0.2) is 97.3 Å². The number of aromatic amines is 1. The molecule has 5 aromatic carbocycles. The zero-order chi connectivity index (χ0) is 51.2. The van der Waals surface area contributed by atoms with E-state index in [1.807, 2.05) is 44.6 Å². The van der Waals surface area contributed by atoms with Crippen molar-refractivity contribution in [2.45, 2.75) is 114 Å². The maximum absolute atomic E-state index is 16.6. The highest BCUT2D eigenvalue weighted by Crippen LogP contribution is 2.51. The number of phenols is 3. The lowest BCUT2D eigenvalue weighted by atomic mass is 9.55. The minimum atomic E-state index is -1.63. The van der Waals surface area contributed by atoms with Crippen LogP contribution in [0, 0.1) is 23.7 Å². The van der Waals surface area contributed by atoms with E-state index in [1.54, 1.807) is 65.1 Å². The van der Waals surface area contributed by atoms with Crippen LogP contribution in [0.25, 0.3) is 10.8 Å². The fourth-order valence-electron chi connectivity index (χ4n) is 12.4. The number of rotatable bonds is 14. The van der Waals surface area contributed by atoms with Crippen molar-refractivity contribution >= 4 is 38.1 Å². The summed E-state index contributed by atoms with van der Waals surface area (Å²) in [6.45, 7) is 5.88. The fourth-order valence-corrected chi connectivity index (χ4v) is 14.9. The van der Waals surface area contributed by atoms with E-state index in [-0.39, 0.29) is 42.0 Å². The largest absolute Gasteiger partial charge is 0.508 e. The molecule has 2 aliphatic carbocycles. The molecular weight excluding hydrogens is 957 g/mol. The molecule has 73 heavy (non-hydrogen) atoms. The lowest BCUT2D eigenvalue weighted by Crippen LogP contribution is -2.61. The summed E-state index contributed by atoms with van der Waals surface area (Å²) in [6, 6.07) is 26.8. The Labute approximate surface area is 437 Å². The molecule has 2 fully saturated rings. The molecule has 0 amide bonds. The van der Waals surface area contributed by atoms with Gasteiger partial charge in [-0.3, -0.25) is 4.79 Å². The number of fused-ring (bicyclic) bond motifs is 2. The molecule has 11 nitrogen and oxygen atoms in total. The van der Waals surface area contributed by atoms with Gasteiger partial charge in [0.2, 0.25) is 0 Å². The molecule has 0 saturated heterocycles. The molecular formula is C60H72N2O9S2. The molecule has 1 aromatic heterocycles. The number of benzene rings is 5. The number of H-pyrrole nitrogens is 1. The summed E-state index contributed by atoms with van der Waals surface area (Å²) in [7, 11) is 6.78. The van der Waals surface area contributed by atoms with Crippen LogP contribution in [-0.4, -0.2) is 87.7 Å². The van der Waals surface area contributed by atoms with Gasteiger partial charge in [-0.25, -0.2) is 0 Å². The molecule has 1 aliphatic heterocycles. The van der Waals surface area contributed by atoms with Gasteiger partial charge < -0.3 is 50.0 Å². The molecule has 3 aliphatic rings. The molecule has 0 radical (unpaired) electrons. The van der Waals surface area contributed by atoms with Crippen LogP contribution in [0.1, 0.15) is 96.0 Å². The van der Waals surface area contributed by atoms with Crippen molar-refractivity contribution in [2.75, 3.05) is 33.1 Å². The average molecular weight is 1030 g/mol. The first-order chi connectivity index (χ1) is 35.4. The summed E-state index contributed by atoms with van der Waals surface area (Å²) in [6.07, 6.45) is 7.23. The van der Waals surface area contributed by atoms with Crippen molar-refractivity contribution in [1.82, 2.24) is 10.3 Å². The van der Waals surface area contributed by atoms with Crippen LogP contribution in [-0.2, 0) is 59.3 Å². The number of hydrogen-bond donors (Lipinski definition) is 7. The minimum absolute atomic E-state index is 0.0103. The van der Waals surface area contributed by atoms with E-state index < -0.39 is 35.4 Å². The first-order valence-electron chi connectivity index (χ1n) is 26.1. The summed E-state index contributed by atoms with van der Waals surface area (Å²) in [4.78, 5) is 19.8. The summed E-state index contributed by atoms with van der Waals surface area (Å²) in [5.41, 5.74) is 6.51. The summed E-state index contributed by atoms with van der Waals surface area (Å²) >= 11 is 0. The standard InChI is InChI=1S/C60H72N2O9S2/c1-5-40-14-15-41-10-8-11-43-34-72-73-35-45-27-54(66)60(46-22-39(31-61-3)23-47(63)28-46,30-36-13-17-51(64)53(25-36)71-48-12-7-9-38(24-48)33-70-6-2)59(68)56(45)57(67)44(21-37-19-20-62-32-37)26-42-16-18-52(65)58(69-4)50(42)29-49(40)55(41)43/h8,10-11,13-20,22-23,25,28,32,38,44-45,48,54,56-57,61-67H,5-7,9,12,21,24,26-27,29-31,33-35H2,1-4H3. The van der Waals surface area contributed by atoms with Crippen molar-refractivity contribution in [3.8, 4) is 28.7 Å². The number of aliphatic hydroxyl groups excluding tert-OH is 2. The van der Waals surface area contributed by atoms with Gasteiger partial charge in [-0.05, 0) is 181 Å². The van der Waals surface area contributed by atoms with Gasteiger partial charge in [-0.1, -0.05) is 77.0 Å². The third-order valence-corrected chi connectivity index (χ3v) is 18.4. The van der Waals surface area contributed by atoms with Gasteiger partial charge in [0.15, 0.2) is 28.8 Å². The molecule has 13 heteroatoms. The topological polar surface area (TPSA) is 174 Å². The maximum atomic E-state index is 16.6. The zero-order valence-corrected chi connectivity index (χ0v) is 44.2. The lowest BCUT2D eigenvalue weighted by Gasteiger charge is -2.49. The number of methoxy groups -OCH3 is 1. The number of Topliss-reactive ketones (excluding diaryl/α,β-unsaturated/α-hetero) is 1. The number of nitrogens with one attached hydrogen (secondary N) is 2. The molecule has 2 heterocycles. The Kier molecular flexibility index (Phi) is 17.0. The minimum Gasteiger partial charge on any atom is -0.508 e. The Morgan fingerprint density at radius 1 is 0.863 bits per heavy atom. The van der Waals surface area contributed by atoms with Crippen molar-refractivity contribution in [3.05, 3.63) is 147 Å². The van der Waals surface area contributed by atoms with Crippen molar-refractivity contribution < 1.29 is 44.5 Å². The van der Waals surface area contributed by atoms with E-state index in [4.69, 9.17) is 14.2 Å². The molecule has 8 atom stereocenters. The molecule has 0 spiro atoms. The van der Waals surface area contributed by atoms with E-state index in [0.717, 1.165) is 59.7 Å². The Balaban J connectivity index is 1.17. The molecule has 388 valence electrons. The molecule has 0 bridgehead atoms. The van der Waals surface area contributed by atoms with Gasteiger partial charge in [-0.15, -0.1) is 0 Å². The van der Waals surface area contributed by atoms with E-state index >= 15 is 4.79 Å². The number of carbonyl (C=O) groups is 1. The highest BCUT2D eigenvalue weighted by Gasteiger charge is 2.58. The predicted octanol–water partition coefficient (Wildman–Crippen LogP) is 10.5.